The molecular formula is C12H14N4O2S. The Kier molecular flexibility index (Phi) is 3.37. The average Bonchev–Trinajstić information content (AvgIpc) is 2.88. The van der Waals surface area contributed by atoms with E-state index in [9.17, 15) is 9.90 Å². The zero-order chi connectivity index (χ0) is 13.2. The van der Waals surface area contributed by atoms with Gasteiger partial charge in [0.2, 0.25) is 0 Å². The third-order valence-corrected chi connectivity index (χ3v) is 4.87. The van der Waals surface area contributed by atoms with Gasteiger partial charge < -0.3 is 10.1 Å². The van der Waals surface area contributed by atoms with E-state index in [0.29, 0.717) is 5.65 Å². The highest BCUT2D eigenvalue weighted by Crippen LogP contribution is 2.38. The highest BCUT2D eigenvalue weighted by molar-refractivity contribution is 8.00. The number of aliphatic carboxylic acids is 1. The second-order valence-electron chi connectivity index (χ2n) is 4.67. The number of carboxylic acids is 1. The summed E-state index contributed by atoms with van der Waals surface area (Å²) in [7, 11) is 0. The van der Waals surface area contributed by atoms with Crippen LogP contribution in [0, 0.1) is 5.92 Å². The van der Waals surface area contributed by atoms with Gasteiger partial charge in [0, 0.05) is 5.25 Å². The highest BCUT2D eigenvalue weighted by Gasteiger charge is 2.32. The molecule has 2 heterocycles. The summed E-state index contributed by atoms with van der Waals surface area (Å²) in [5.41, 5.74) is 1.42. The van der Waals surface area contributed by atoms with Gasteiger partial charge in [0.25, 0.3) is 0 Å². The van der Waals surface area contributed by atoms with E-state index in [0.717, 1.165) is 36.2 Å². The van der Waals surface area contributed by atoms with Crippen molar-refractivity contribution in [1.29, 1.82) is 0 Å². The minimum atomic E-state index is -0.702. The van der Waals surface area contributed by atoms with E-state index in [-0.39, 0.29) is 11.2 Å². The molecule has 0 radical (unpaired) electrons. The predicted molar refractivity (Wildman–Crippen MR) is 70.9 cm³/mol. The number of aromatic nitrogens is 4. The number of H-pyrrole nitrogens is 1. The van der Waals surface area contributed by atoms with Crippen LogP contribution < -0.4 is 0 Å². The Hall–Kier alpha value is -1.63. The van der Waals surface area contributed by atoms with Crippen molar-refractivity contribution in [3.63, 3.8) is 0 Å². The first-order valence-electron chi connectivity index (χ1n) is 6.29. The topological polar surface area (TPSA) is 91.8 Å². The standard InChI is InChI=1S/C12H14N4O2S/c17-12(18)7-3-1-2-4-8(7)19-11-9-10(14-5-13-9)15-6-16-11/h5-8H,1-4H2,(H,17,18)(H,13,14,15,16). The number of thioether (sulfide) groups is 1. The lowest BCUT2D eigenvalue weighted by Gasteiger charge is -2.27. The van der Waals surface area contributed by atoms with Gasteiger partial charge in [0.15, 0.2) is 5.65 Å². The van der Waals surface area contributed by atoms with Crippen molar-refractivity contribution < 1.29 is 9.90 Å². The van der Waals surface area contributed by atoms with E-state index in [1.807, 2.05) is 0 Å². The zero-order valence-corrected chi connectivity index (χ0v) is 11.1. The van der Waals surface area contributed by atoms with Crippen molar-refractivity contribution in [1.82, 2.24) is 19.9 Å². The minimum Gasteiger partial charge on any atom is -0.481 e. The fourth-order valence-corrected chi connectivity index (χ4v) is 3.86. The predicted octanol–water partition coefficient (Wildman–Crippen LogP) is 2.09. The van der Waals surface area contributed by atoms with Gasteiger partial charge in [-0.05, 0) is 12.8 Å². The minimum absolute atomic E-state index is 0.0765. The first-order chi connectivity index (χ1) is 9.25. The number of fused-ring (bicyclic) bond motifs is 1. The molecule has 0 aromatic carbocycles. The van der Waals surface area contributed by atoms with Crippen LogP contribution in [0.15, 0.2) is 17.7 Å². The summed E-state index contributed by atoms with van der Waals surface area (Å²) in [6, 6.07) is 0. The fourth-order valence-electron chi connectivity index (χ4n) is 2.50. The highest BCUT2D eigenvalue weighted by atomic mass is 32.2. The molecule has 2 N–H and O–H groups in total. The van der Waals surface area contributed by atoms with Crippen molar-refractivity contribution in [2.45, 2.75) is 36.0 Å². The van der Waals surface area contributed by atoms with Crippen LogP contribution in [0.5, 0.6) is 0 Å². The molecule has 19 heavy (non-hydrogen) atoms. The Morgan fingerprint density at radius 2 is 2.16 bits per heavy atom. The van der Waals surface area contributed by atoms with E-state index >= 15 is 0 Å². The van der Waals surface area contributed by atoms with Crippen LogP contribution in [0.2, 0.25) is 0 Å². The van der Waals surface area contributed by atoms with Crippen molar-refractivity contribution in [2.24, 2.45) is 5.92 Å². The maximum Gasteiger partial charge on any atom is 0.307 e. The maximum absolute atomic E-state index is 11.3. The Balaban J connectivity index is 1.87. The van der Waals surface area contributed by atoms with Crippen LogP contribution >= 0.6 is 11.8 Å². The Morgan fingerprint density at radius 3 is 3.00 bits per heavy atom. The van der Waals surface area contributed by atoms with E-state index in [1.165, 1.54) is 18.1 Å². The summed E-state index contributed by atoms with van der Waals surface area (Å²) < 4.78 is 0. The number of carbonyl (C=O) groups is 1. The summed E-state index contributed by atoms with van der Waals surface area (Å²) in [4.78, 5) is 26.7. The van der Waals surface area contributed by atoms with Gasteiger partial charge in [0.1, 0.15) is 16.9 Å². The number of hydrogen-bond acceptors (Lipinski definition) is 5. The second-order valence-corrected chi connectivity index (χ2v) is 5.89. The molecule has 6 nitrogen and oxygen atoms in total. The number of hydrogen-bond donors (Lipinski definition) is 2. The van der Waals surface area contributed by atoms with Gasteiger partial charge in [-0.15, -0.1) is 0 Å². The van der Waals surface area contributed by atoms with E-state index < -0.39 is 5.97 Å². The largest absolute Gasteiger partial charge is 0.481 e. The van der Waals surface area contributed by atoms with Gasteiger partial charge in [-0.1, -0.05) is 24.6 Å². The maximum atomic E-state index is 11.3. The van der Waals surface area contributed by atoms with Gasteiger partial charge in [-0.25, -0.2) is 15.0 Å². The molecule has 0 bridgehead atoms. The first kappa shape index (κ1) is 12.4. The quantitative estimate of drug-likeness (QED) is 0.835. The molecule has 2 atom stereocenters. The average molecular weight is 278 g/mol. The SMILES string of the molecule is O=C(O)C1CCCCC1Sc1ncnc2nc[nH]c12. The lowest BCUT2D eigenvalue weighted by Crippen LogP contribution is -2.29. The summed E-state index contributed by atoms with van der Waals surface area (Å²) in [5, 5.41) is 10.2. The molecule has 0 aliphatic heterocycles. The molecule has 2 aromatic rings. The molecule has 0 spiro atoms. The van der Waals surface area contributed by atoms with Crippen LogP contribution in [0.25, 0.3) is 11.2 Å². The number of imidazole rings is 1. The van der Waals surface area contributed by atoms with Crippen LogP contribution in [-0.2, 0) is 4.79 Å². The van der Waals surface area contributed by atoms with Gasteiger partial charge in [-0.2, -0.15) is 0 Å². The molecule has 1 saturated carbocycles. The zero-order valence-electron chi connectivity index (χ0n) is 10.2. The molecule has 0 saturated heterocycles. The van der Waals surface area contributed by atoms with Crippen molar-refractivity contribution in [3.05, 3.63) is 12.7 Å². The molecule has 1 fully saturated rings. The number of rotatable bonds is 3. The number of aromatic amines is 1. The lowest BCUT2D eigenvalue weighted by atomic mass is 9.89. The summed E-state index contributed by atoms with van der Waals surface area (Å²) in [5.74, 6) is -0.987. The second kappa shape index (κ2) is 5.16. The van der Waals surface area contributed by atoms with Crippen LogP contribution in [0.1, 0.15) is 25.7 Å². The van der Waals surface area contributed by atoms with E-state index in [1.54, 1.807) is 6.33 Å². The van der Waals surface area contributed by atoms with E-state index in [2.05, 4.69) is 19.9 Å². The summed E-state index contributed by atoms with van der Waals surface area (Å²) >= 11 is 1.53. The fraction of sp³-hybridized carbons (Fsp3) is 0.500. The molecule has 7 heteroatoms. The number of nitrogens with zero attached hydrogens (tertiary/aromatic N) is 3. The van der Waals surface area contributed by atoms with Crippen LogP contribution in [0.4, 0.5) is 0 Å². The summed E-state index contributed by atoms with van der Waals surface area (Å²) in [6.07, 6.45) is 6.81. The number of nitrogens with one attached hydrogen (secondary N) is 1. The number of carboxylic acid groups (broad SMARTS) is 1. The smallest absolute Gasteiger partial charge is 0.307 e. The molecule has 2 aromatic heterocycles. The van der Waals surface area contributed by atoms with Crippen molar-refractivity contribution in [3.8, 4) is 0 Å². The van der Waals surface area contributed by atoms with Crippen molar-refractivity contribution >= 4 is 28.9 Å². The Morgan fingerprint density at radius 1 is 1.32 bits per heavy atom. The van der Waals surface area contributed by atoms with Gasteiger partial charge in [0.05, 0.1) is 12.2 Å². The molecule has 3 rings (SSSR count). The van der Waals surface area contributed by atoms with Gasteiger partial charge >= 0.3 is 5.97 Å². The lowest BCUT2D eigenvalue weighted by molar-refractivity contribution is -0.142. The Bertz CT molecular complexity index is 600. The van der Waals surface area contributed by atoms with Crippen LogP contribution in [-0.4, -0.2) is 36.3 Å². The molecule has 1 aliphatic rings. The first-order valence-corrected chi connectivity index (χ1v) is 7.17. The molecule has 100 valence electrons. The molecule has 1 aliphatic carbocycles. The third kappa shape index (κ3) is 2.42. The van der Waals surface area contributed by atoms with Crippen molar-refractivity contribution in [2.75, 3.05) is 0 Å². The molecule has 2 unspecified atom stereocenters. The van der Waals surface area contributed by atoms with E-state index in [4.69, 9.17) is 0 Å². The molecule has 0 amide bonds. The monoisotopic (exact) mass is 278 g/mol. The Labute approximate surface area is 114 Å². The van der Waals surface area contributed by atoms with Crippen LogP contribution in [0.3, 0.4) is 0 Å². The summed E-state index contributed by atoms with van der Waals surface area (Å²) in [6.45, 7) is 0. The normalized spacial score (nSPS) is 23.6. The molecular weight excluding hydrogens is 264 g/mol. The van der Waals surface area contributed by atoms with Gasteiger partial charge in [-0.3, -0.25) is 4.79 Å². The third-order valence-electron chi connectivity index (χ3n) is 3.47.